The van der Waals surface area contributed by atoms with E-state index in [2.05, 4.69) is 4.98 Å². The van der Waals surface area contributed by atoms with Gasteiger partial charge in [-0.15, -0.1) is 11.3 Å². The molecular weight excluding hydrogens is 536 g/mol. The Bertz CT molecular complexity index is 1660. The molecule has 11 heteroatoms. The molecule has 10 nitrogen and oxygen atoms in total. The first-order valence-electron chi connectivity index (χ1n) is 11.8. The Morgan fingerprint density at radius 1 is 0.950 bits per heavy atom. The third-order valence-electron chi connectivity index (χ3n) is 6.50. The Hall–Kier alpha value is -5.16. The summed E-state index contributed by atoms with van der Waals surface area (Å²) in [6.07, 6.45) is 1.68. The highest BCUT2D eigenvalue weighted by atomic mass is 32.1. The van der Waals surface area contributed by atoms with Gasteiger partial charge in [0.1, 0.15) is 22.1 Å². The van der Waals surface area contributed by atoms with E-state index in [0.717, 1.165) is 27.6 Å². The van der Waals surface area contributed by atoms with Crippen molar-refractivity contribution in [1.29, 1.82) is 0 Å². The number of ether oxygens (including phenoxy) is 2. The zero-order valence-electron chi connectivity index (χ0n) is 21.2. The molecule has 1 aliphatic rings. The van der Waals surface area contributed by atoms with Crippen LogP contribution in [0.15, 0.2) is 77.8 Å². The van der Waals surface area contributed by atoms with Gasteiger partial charge in [0.2, 0.25) is 0 Å². The second-order valence-corrected chi connectivity index (χ2v) is 9.60. The van der Waals surface area contributed by atoms with Crippen molar-refractivity contribution in [3.63, 3.8) is 0 Å². The number of hydrogen-bond acceptors (Lipinski definition) is 9. The molecule has 1 atom stereocenters. The van der Waals surface area contributed by atoms with Gasteiger partial charge in [0.15, 0.2) is 11.5 Å². The lowest BCUT2D eigenvalue weighted by Crippen LogP contribution is -2.29. The number of thiazole rings is 1. The van der Waals surface area contributed by atoms with Crippen LogP contribution in [0, 0.1) is 0 Å². The van der Waals surface area contributed by atoms with Crippen LogP contribution in [0.5, 0.6) is 17.2 Å². The van der Waals surface area contributed by atoms with E-state index in [4.69, 9.17) is 9.47 Å². The number of carboxylic acids is 1. The molecule has 3 aromatic carbocycles. The molecule has 1 unspecified atom stereocenters. The predicted molar refractivity (Wildman–Crippen MR) is 147 cm³/mol. The van der Waals surface area contributed by atoms with E-state index < -0.39 is 40.8 Å². The molecule has 2 heterocycles. The SMILES string of the molecule is COc1ccc(/C(O)=C2\C(=O)C(=O)N(c3ccc(O)c(C(=O)O)c3)C2c2ccc(-c3nccs3)cc2)cc1OC. The number of rotatable bonds is 7. The van der Waals surface area contributed by atoms with Crippen molar-refractivity contribution in [3.05, 3.63) is 94.5 Å². The number of phenols is 1. The van der Waals surface area contributed by atoms with Crippen molar-refractivity contribution < 1.29 is 39.2 Å². The average Bonchev–Trinajstić information content (AvgIpc) is 3.59. The minimum atomic E-state index is -1.41. The number of aliphatic hydroxyl groups is 1. The van der Waals surface area contributed by atoms with Gasteiger partial charge in [0.05, 0.1) is 25.8 Å². The highest BCUT2D eigenvalue weighted by Gasteiger charge is 2.47. The van der Waals surface area contributed by atoms with Crippen molar-refractivity contribution in [1.82, 2.24) is 4.98 Å². The first kappa shape index (κ1) is 26.4. The molecule has 202 valence electrons. The molecule has 0 spiro atoms. The first-order valence-corrected chi connectivity index (χ1v) is 12.7. The Labute approximate surface area is 232 Å². The molecule has 0 radical (unpaired) electrons. The number of carbonyl (C=O) groups excluding carboxylic acids is 2. The topological polar surface area (TPSA) is 146 Å². The van der Waals surface area contributed by atoms with Crippen LogP contribution in [0.25, 0.3) is 16.3 Å². The van der Waals surface area contributed by atoms with Crippen molar-refractivity contribution >= 4 is 40.4 Å². The van der Waals surface area contributed by atoms with Crippen molar-refractivity contribution in [3.8, 4) is 27.8 Å². The van der Waals surface area contributed by atoms with Crippen molar-refractivity contribution in [2.45, 2.75) is 6.04 Å². The predicted octanol–water partition coefficient (Wildman–Crippen LogP) is 4.86. The van der Waals surface area contributed by atoms with Crippen molar-refractivity contribution in [2.24, 2.45) is 0 Å². The number of ketones is 1. The molecule has 0 saturated carbocycles. The van der Waals surface area contributed by atoms with Gasteiger partial charge in [-0.2, -0.15) is 0 Å². The highest BCUT2D eigenvalue weighted by Crippen LogP contribution is 2.44. The number of aromatic carboxylic acids is 1. The molecule has 0 aliphatic carbocycles. The molecule has 1 aliphatic heterocycles. The van der Waals surface area contributed by atoms with Gasteiger partial charge < -0.3 is 24.8 Å². The molecule has 1 amide bonds. The Balaban J connectivity index is 1.71. The summed E-state index contributed by atoms with van der Waals surface area (Å²) in [6.45, 7) is 0. The smallest absolute Gasteiger partial charge is 0.339 e. The molecule has 5 rings (SSSR count). The third-order valence-corrected chi connectivity index (χ3v) is 7.32. The normalized spacial score (nSPS) is 16.2. The number of amides is 1. The maximum absolute atomic E-state index is 13.5. The number of aliphatic hydroxyl groups excluding tert-OH is 1. The Kier molecular flexibility index (Phi) is 6.97. The standard InChI is InChI=1S/C29H22N2O8S/c1-38-21-10-7-17(13-22(21)39-2)25(33)23-24(15-3-5-16(6-4-15)27-30-11-12-40-27)31(28(35)26(23)34)18-8-9-20(32)19(14-18)29(36)37/h3-14,24,32-33H,1-2H3,(H,36,37)/b25-23+. The molecular formula is C29H22N2O8S. The maximum Gasteiger partial charge on any atom is 0.339 e. The summed E-state index contributed by atoms with van der Waals surface area (Å²) in [5.41, 5.74) is 0.899. The number of aromatic nitrogens is 1. The molecule has 1 fully saturated rings. The zero-order chi connectivity index (χ0) is 28.6. The fraction of sp³-hybridized carbons (Fsp3) is 0.103. The Morgan fingerprint density at radius 2 is 1.68 bits per heavy atom. The summed E-state index contributed by atoms with van der Waals surface area (Å²) in [4.78, 5) is 44.0. The second kappa shape index (κ2) is 10.5. The number of methoxy groups -OCH3 is 2. The minimum Gasteiger partial charge on any atom is -0.507 e. The van der Waals surface area contributed by atoms with Crippen LogP contribution in [0.1, 0.15) is 27.5 Å². The van der Waals surface area contributed by atoms with E-state index in [-0.39, 0.29) is 16.8 Å². The molecule has 3 N–H and O–H groups in total. The van der Waals surface area contributed by atoms with Gasteiger partial charge in [-0.1, -0.05) is 24.3 Å². The number of carbonyl (C=O) groups is 3. The number of Topliss-reactive ketones (excluding diaryl/α,β-unsaturated/α-hetero) is 1. The lowest BCUT2D eigenvalue weighted by molar-refractivity contribution is -0.132. The van der Waals surface area contributed by atoms with Gasteiger partial charge in [0.25, 0.3) is 11.7 Å². The third kappa shape index (κ3) is 4.52. The lowest BCUT2D eigenvalue weighted by atomic mass is 9.94. The molecule has 4 aromatic rings. The lowest BCUT2D eigenvalue weighted by Gasteiger charge is -2.26. The van der Waals surface area contributed by atoms with Crippen molar-refractivity contribution in [2.75, 3.05) is 19.1 Å². The summed E-state index contributed by atoms with van der Waals surface area (Å²) in [5.74, 6) is -3.60. The zero-order valence-corrected chi connectivity index (χ0v) is 22.0. The highest BCUT2D eigenvalue weighted by molar-refractivity contribution is 7.13. The number of carboxylic acid groups (broad SMARTS) is 1. The van der Waals surface area contributed by atoms with Crippen LogP contribution in [0.2, 0.25) is 0 Å². The number of aromatic hydroxyl groups is 1. The second-order valence-electron chi connectivity index (χ2n) is 8.70. The number of benzene rings is 3. The summed E-state index contributed by atoms with van der Waals surface area (Å²) in [6, 6.07) is 14.0. The number of hydrogen-bond donors (Lipinski definition) is 3. The van der Waals surface area contributed by atoms with Crippen LogP contribution in [0.3, 0.4) is 0 Å². The van der Waals surface area contributed by atoms with Crippen LogP contribution >= 0.6 is 11.3 Å². The quantitative estimate of drug-likeness (QED) is 0.164. The average molecular weight is 559 g/mol. The molecule has 1 aromatic heterocycles. The van der Waals surface area contributed by atoms with Crippen LogP contribution in [0.4, 0.5) is 5.69 Å². The van der Waals surface area contributed by atoms with Gasteiger partial charge >= 0.3 is 5.97 Å². The monoisotopic (exact) mass is 558 g/mol. The molecule has 40 heavy (non-hydrogen) atoms. The van der Waals surface area contributed by atoms with Gasteiger partial charge in [-0.05, 0) is 42.0 Å². The molecule has 1 saturated heterocycles. The fourth-order valence-corrected chi connectivity index (χ4v) is 5.22. The van der Waals surface area contributed by atoms with E-state index in [0.29, 0.717) is 17.1 Å². The van der Waals surface area contributed by atoms with Gasteiger partial charge in [0, 0.05) is 28.4 Å². The van der Waals surface area contributed by atoms with Crippen LogP contribution in [-0.2, 0) is 9.59 Å². The van der Waals surface area contributed by atoms with Gasteiger partial charge in [-0.3, -0.25) is 14.5 Å². The van der Waals surface area contributed by atoms with Gasteiger partial charge in [-0.25, -0.2) is 9.78 Å². The summed E-state index contributed by atoms with van der Waals surface area (Å²) < 4.78 is 10.6. The summed E-state index contributed by atoms with van der Waals surface area (Å²) >= 11 is 1.45. The maximum atomic E-state index is 13.5. The van der Waals surface area contributed by atoms with Crippen LogP contribution in [-0.4, -0.2) is 52.2 Å². The van der Waals surface area contributed by atoms with E-state index in [1.54, 1.807) is 36.5 Å². The van der Waals surface area contributed by atoms with Crippen LogP contribution < -0.4 is 14.4 Å². The summed E-state index contributed by atoms with van der Waals surface area (Å²) in [7, 11) is 2.89. The number of nitrogens with zero attached hydrogens (tertiary/aromatic N) is 2. The molecule has 0 bridgehead atoms. The number of anilines is 1. The largest absolute Gasteiger partial charge is 0.507 e. The first-order chi connectivity index (χ1) is 19.2. The minimum absolute atomic E-state index is 0.0534. The summed E-state index contributed by atoms with van der Waals surface area (Å²) in [5, 5.41) is 33.6. The van der Waals surface area contributed by atoms with E-state index in [9.17, 15) is 29.7 Å². The van der Waals surface area contributed by atoms with E-state index in [1.807, 2.05) is 5.38 Å². The fourth-order valence-electron chi connectivity index (χ4n) is 4.57. The Morgan fingerprint density at radius 3 is 2.30 bits per heavy atom. The van der Waals surface area contributed by atoms with E-state index >= 15 is 0 Å². The van der Waals surface area contributed by atoms with E-state index in [1.165, 1.54) is 43.8 Å².